The summed E-state index contributed by atoms with van der Waals surface area (Å²) in [4.78, 5) is 10.1. The van der Waals surface area contributed by atoms with Gasteiger partial charge >= 0.3 is 0 Å². The molecule has 0 saturated carbocycles. The van der Waals surface area contributed by atoms with Crippen molar-refractivity contribution in [1.82, 2.24) is 0 Å². The molecule has 0 unspecified atom stereocenters. The number of non-ortho nitro benzene ring substituents is 1. The predicted molar refractivity (Wildman–Crippen MR) is 78.5 cm³/mol. The second kappa shape index (κ2) is 6.10. The highest BCUT2D eigenvalue weighted by atomic mass is 79.9. The Bertz CT molecular complexity index is 612. The number of hydrogen-bond acceptors (Lipinski definition) is 4. The van der Waals surface area contributed by atoms with Gasteiger partial charge in [-0.3, -0.25) is 15.5 Å². The third-order valence-corrected chi connectivity index (χ3v) is 2.83. The number of nitrogens with one attached hydrogen (secondary N) is 1. The summed E-state index contributed by atoms with van der Waals surface area (Å²) in [5.41, 5.74) is 4.51. The van der Waals surface area contributed by atoms with Crippen LogP contribution >= 0.6 is 15.9 Å². The van der Waals surface area contributed by atoms with Crippen molar-refractivity contribution in [2.45, 2.75) is 0 Å². The lowest BCUT2D eigenvalue weighted by molar-refractivity contribution is -0.384. The molecule has 0 fully saturated rings. The number of hydrogen-bond donors (Lipinski definition) is 1. The van der Waals surface area contributed by atoms with Crippen LogP contribution in [0.2, 0.25) is 0 Å². The number of anilines is 1. The molecule has 0 heterocycles. The van der Waals surface area contributed by atoms with Crippen LogP contribution in [0.3, 0.4) is 0 Å². The fraction of sp³-hybridized carbons (Fsp3) is 0. The molecule has 0 bridgehead atoms. The summed E-state index contributed by atoms with van der Waals surface area (Å²) in [6.45, 7) is 0. The number of rotatable bonds is 4. The molecular weight excluding hydrogens is 310 g/mol. The zero-order valence-electron chi connectivity index (χ0n) is 9.79. The molecule has 0 aliphatic carbocycles. The lowest BCUT2D eigenvalue weighted by Crippen LogP contribution is -1.92. The number of halogens is 1. The van der Waals surface area contributed by atoms with Gasteiger partial charge < -0.3 is 0 Å². The van der Waals surface area contributed by atoms with Gasteiger partial charge in [0.1, 0.15) is 0 Å². The molecule has 0 amide bonds. The average Bonchev–Trinajstić information content (AvgIpc) is 2.39. The predicted octanol–water partition coefficient (Wildman–Crippen LogP) is 3.80. The van der Waals surface area contributed by atoms with Gasteiger partial charge in [-0.25, -0.2) is 0 Å². The summed E-state index contributed by atoms with van der Waals surface area (Å²) in [6, 6.07) is 13.8. The Labute approximate surface area is 118 Å². The average molecular weight is 320 g/mol. The first-order valence-corrected chi connectivity index (χ1v) is 6.23. The van der Waals surface area contributed by atoms with Crippen LogP contribution < -0.4 is 5.43 Å². The van der Waals surface area contributed by atoms with Crippen LogP contribution in [0, 0.1) is 10.1 Å². The topological polar surface area (TPSA) is 67.5 Å². The van der Waals surface area contributed by atoms with Gasteiger partial charge in [0.2, 0.25) is 0 Å². The highest BCUT2D eigenvalue weighted by Gasteiger charge is 2.02. The quantitative estimate of drug-likeness (QED) is 0.529. The van der Waals surface area contributed by atoms with Crippen molar-refractivity contribution in [3.05, 3.63) is 68.7 Å². The number of nitro groups is 1. The zero-order chi connectivity index (χ0) is 13.7. The van der Waals surface area contributed by atoms with Crippen molar-refractivity contribution >= 4 is 33.5 Å². The normalized spacial score (nSPS) is 10.6. The van der Waals surface area contributed by atoms with E-state index < -0.39 is 4.92 Å². The SMILES string of the molecule is O=[N+]([O-])c1ccc(N/N=C\c2cccc(Br)c2)cc1. The Kier molecular flexibility index (Phi) is 4.25. The zero-order valence-corrected chi connectivity index (χ0v) is 11.4. The maximum Gasteiger partial charge on any atom is 0.269 e. The number of hydrazone groups is 1. The van der Waals surface area contributed by atoms with E-state index in [2.05, 4.69) is 26.5 Å². The molecule has 96 valence electrons. The van der Waals surface area contributed by atoms with E-state index in [-0.39, 0.29) is 5.69 Å². The van der Waals surface area contributed by atoms with Crippen molar-refractivity contribution < 1.29 is 4.92 Å². The molecule has 2 rings (SSSR count). The number of nitro benzene ring substituents is 1. The van der Waals surface area contributed by atoms with E-state index in [0.29, 0.717) is 5.69 Å². The van der Waals surface area contributed by atoms with Gasteiger partial charge in [-0.2, -0.15) is 5.10 Å². The van der Waals surface area contributed by atoms with Crippen LogP contribution in [0.1, 0.15) is 5.56 Å². The lowest BCUT2D eigenvalue weighted by atomic mass is 10.2. The molecule has 0 spiro atoms. The van der Waals surface area contributed by atoms with Gasteiger partial charge in [-0.15, -0.1) is 0 Å². The fourth-order valence-electron chi connectivity index (χ4n) is 1.43. The summed E-state index contributed by atoms with van der Waals surface area (Å²) >= 11 is 3.37. The van der Waals surface area contributed by atoms with Gasteiger partial charge in [0.05, 0.1) is 16.8 Å². The molecule has 0 radical (unpaired) electrons. The standard InChI is InChI=1S/C13H10BrN3O2/c14-11-3-1-2-10(8-11)9-15-16-12-4-6-13(7-5-12)17(18)19/h1-9,16H/b15-9-. The maximum atomic E-state index is 10.5. The van der Waals surface area contributed by atoms with E-state index in [1.165, 1.54) is 12.1 Å². The van der Waals surface area contributed by atoms with E-state index in [1.807, 2.05) is 24.3 Å². The molecule has 0 aliphatic heterocycles. The Morgan fingerprint density at radius 2 is 1.95 bits per heavy atom. The second-order valence-electron chi connectivity index (χ2n) is 3.73. The minimum absolute atomic E-state index is 0.0570. The van der Waals surface area contributed by atoms with E-state index in [1.54, 1.807) is 18.3 Å². The van der Waals surface area contributed by atoms with Gasteiger partial charge in [-0.1, -0.05) is 28.1 Å². The van der Waals surface area contributed by atoms with E-state index >= 15 is 0 Å². The minimum atomic E-state index is -0.436. The Morgan fingerprint density at radius 3 is 2.58 bits per heavy atom. The summed E-state index contributed by atoms with van der Waals surface area (Å²) in [5.74, 6) is 0. The Morgan fingerprint density at radius 1 is 1.21 bits per heavy atom. The smallest absolute Gasteiger partial charge is 0.269 e. The summed E-state index contributed by atoms with van der Waals surface area (Å²) in [6.07, 6.45) is 1.67. The van der Waals surface area contributed by atoms with Crippen molar-refractivity contribution in [3.63, 3.8) is 0 Å². The van der Waals surface area contributed by atoms with Crippen molar-refractivity contribution in [1.29, 1.82) is 0 Å². The van der Waals surface area contributed by atoms with Gasteiger partial charge in [0, 0.05) is 16.6 Å². The molecule has 19 heavy (non-hydrogen) atoms. The van der Waals surface area contributed by atoms with Gasteiger partial charge in [-0.05, 0) is 29.8 Å². The molecule has 0 saturated heterocycles. The van der Waals surface area contributed by atoms with Gasteiger partial charge in [0.25, 0.3) is 5.69 Å². The van der Waals surface area contributed by atoms with Crippen molar-refractivity contribution in [3.8, 4) is 0 Å². The molecule has 2 aromatic carbocycles. The lowest BCUT2D eigenvalue weighted by Gasteiger charge is -1.99. The molecular formula is C13H10BrN3O2. The Hall–Kier alpha value is -2.21. The molecule has 1 N–H and O–H groups in total. The minimum Gasteiger partial charge on any atom is -0.278 e. The van der Waals surface area contributed by atoms with Crippen LogP contribution in [0.5, 0.6) is 0 Å². The maximum absolute atomic E-state index is 10.5. The number of nitrogens with zero attached hydrogens (tertiary/aromatic N) is 2. The second-order valence-corrected chi connectivity index (χ2v) is 4.64. The third kappa shape index (κ3) is 3.89. The van der Waals surface area contributed by atoms with E-state index in [9.17, 15) is 10.1 Å². The fourth-order valence-corrected chi connectivity index (χ4v) is 1.84. The number of benzene rings is 2. The van der Waals surface area contributed by atoms with Crippen LogP contribution in [-0.2, 0) is 0 Å². The first-order chi connectivity index (χ1) is 9.15. The largest absolute Gasteiger partial charge is 0.278 e. The highest BCUT2D eigenvalue weighted by Crippen LogP contribution is 2.15. The van der Waals surface area contributed by atoms with Crippen molar-refractivity contribution in [2.75, 3.05) is 5.43 Å². The summed E-state index contributed by atoms with van der Waals surface area (Å²) in [7, 11) is 0. The molecule has 5 nitrogen and oxygen atoms in total. The van der Waals surface area contributed by atoms with Crippen LogP contribution in [-0.4, -0.2) is 11.1 Å². The Balaban J connectivity index is 2.00. The van der Waals surface area contributed by atoms with E-state index in [0.717, 1.165) is 10.0 Å². The first kappa shape index (κ1) is 13.2. The summed E-state index contributed by atoms with van der Waals surface area (Å²) in [5, 5.41) is 14.6. The molecule has 0 aromatic heterocycles. The molecule has 6 heteroatoms. The highest BCUT2D eigenvalue weighted by molar-refractivity contribution is 9.10. The third-order valence-electron chi connectivity index (χ3n) is 2.33. The van der Waals surface area contributed by atoms with Crippen molar-refractivity contribution in [2.24, 2.45) is 5.10 Å². The van der Waals surface area contributed by atoms with Crippen LogP contribution in [0.15, 0.2) is 58.1 Å². The summed E-state index contributed by atoms with van der Waals surface area (Å²) < 4.78 is 0.979. The van der Waals surface area contributed by atoms with Crippen LogP contribution in [0.4, 0.5) is 11.4 Å². The molecule has 0 aliphatic rings. The molecule has 2 aromatic rings. The van der Waals surface area contributed by atoms with E-state index in [4.69, 9.17) is 0 Å². The van der Waals surface area contributed by atoms with Crippen LogP contribution in [0.25, 0.3) is 0 Å². The first-order valence-electron chi connectivity index (χ1n) is 5.44. The molecule has 0 atom stereocenters. The van der Waals surface area contributed by atoms with Gasteiger partial charge in [0.15, 0.2) is 0 Å². The monoisotopic (exact) mass is 319 g/mol.